The Bertz CT molecular complexity index is 671. The Hall–Kier alpha value is -2.63. The van der Waals surface area contributed by atoms with E-state index in [9.17, 15) is 9.59 Å². The van der Waals surface area contributed by atoms with E-state index in [1.807, 2.05) is 24.3 Å². The van der Waals surface area contributed by atoms with Crippen LogP contribution in [0, 0.1) is 0 Å². The van der Waals surface area contributed by atoms with Crippen LogP contribution in [-0.4, -0.2) is 31.2 Å². The van der Waals surface area contributed by atoms with E-state index >= 15 is 0 Å². The molecule has 2 amide bonds. The number of hydrogen-bond donors (Lipinski definition) is 2. The Morgan fingerprint density at radius 3 is 2.09 bits per heavy atom. The summed E-state index contributed by atoms with van der Waals surface area (Å²) in [6.45, 7) is 6.23. The van der Waals surface area contributed by atoms with Crippen LogP contribution in [-0.2, 0) is 9.59 Å². The number of nitrogens with zero attached hydrogens (tertiary/aromatic N) is 1. The number of hydrogen-bond acceptors (Lipinski definition) is 4. The maximum atomic E-state index is 11.9. The minimum atomic E-state index is -0.348. The summed E-state index contributed by atoms with van der Waals surface area (Å²) < 4.78 is 5.41. The molecule has 0 spiro atoms. The summed E-state index contributed by atoms with van der Waals surface area (Å²) in [6.07, 6.45) is 17.4. The van der Waals surface area contributed by atoms with Crippen LogP contribution in [0.4, 0.5) is 0 Å². The minimum absolute atomic E-state index is 0.0669. The van der Waals surface area contributed by atoms with Crippen molar-refractivity contribution in [3.05, 3.63) is 42.5 Å². The first-order chi connectivity index (χ1) is 15.7. The summed E-state index contributed by atoms with van der Waals surface area (Å²) in [5.74, 6) is 0.307. The molecule has 178 valence electrons. The Balaban J connectivity index is 2.01. The van der Waals surface area contributed by atoms with Gasteiger partial charge in [-0.25, -0.2) is 5.43 Å². The highest BCUT2D eigenvalue weighted by Gasteiger charge is 2.04. The van der Waals surface area contributed by atoms with E-state index < -0.39 is 0 Å². The van der Waals surface area contributed by atoms with Crippen LogP contribution in [0.1, 0.15) is 89.5 Å². The van der Waals surface area contributed by atoms with Gasteiger partial charge in [0.1, 0.15) is 12.4 Å². The number of rotatable bonds is 19. The van der Waals surface area contributed by atoms with Gasteiger partial charge in [-0.2, -0.15) is 5.10 Å². The van der Waals surface area contributed by atoms with Gasteiger partial charge >= 0.3 is 0 Å². The number of ether oxygens (including phenoxy) is 1. The van der Waals surface area contributed by atoms with Gasteiger partial charge in [0.2, 0.25) is 5.91 Å². The zero-order valence-electron chi connectivity index (χ0n) is 19.7. The van der Waals surface area contributed by atoms with Crippen molar-refractivity contribution < 1.29 is 14.3 Å². The van der Waals surface area contributed by atoms with Gasteiger partial charge in [-0.15, -0.1) is 0 Å². The molecule has 1 aromatic rings. The average molecular weight is 444 g/mol. The molecule has 6 heteroatoms. The van der Waals surface area contributed by atoms with E-state index in [2.05, 4.69) is 29.3 Å². The molecule has 0 radical (unpaired) electrons. The maximum absolute atomic E-state index is 11.9. The molecule has 32 heavy (non-hydrogen) atoms. The SMILES string of the molecule is C=CCOc1ccc(/C=N/NC(=O)CNC(=O)CCCCCCCCCCCCC)cc1. The smallest absolute Gasteiger partial charge is 0.259 e. The van der Waals surface area contributed by atoms with Gasteiger partial charge in [-0.3, -0.25) is 9.59 Å². The molecule has 2 N–H and O–H groups in total. The number of carbonyl (C=O) groups is 2. The molecule has 6 nitrogen and oxygen atoms in total. The van der Waals surface area contributed by atoms with E-state index in [1.165, 1.54) is 57.8 Å². The third-order valence-corrected chi connectivity index (χ3v) is 5.10. The number of carbonyl (C=O) groups excluding carboxylic acids is 2. The van der Waals surface area contributed by atoms with Gasteiger partial charge < -0.3 is 10.1 Å². The number of benzene rings is 1. The molecule has 0 aromatic heterocycles. The summed E-state index contributed by atoms with van der Waals surface area (Å²) >= 11 is 0. The Labute approximate surface area is 193 Å². The predicted octanol–water partition coefficient (Wildman–Crippen LogP) is 5.52. The van der Waals surface area contributed by atoms with Crippen LogP contribution < -0.4 is 15.5 Å². The van der Waals surface area contributed by atoms with Crippen LogP contribution in [0.25, 0.3) is 0 Å². The fraction of sp³-hybridized carbons (Fsp3) is 0.577. The van der Waals surface area contributed by atoms with Gasteiger partial charge in [0, 0.05) is 6.42 Å². The van der Waals surface area contributed by atoms with Crippen LogP contribution in [0.5, 0.6) is 5.75 Å². The maximum Gasteiger partial charge on any atom is 0.259 e. The monoisotopic (exact) mass is 443 g/mol. The van der Waals surface area contributed by atoms with Gasteiger partial charge in [0.25, 0.3) is 5.91 Å². The molecule has 0 heterocycles. The molecule has 1 aromatic carbocycles. The van der Waals surface area contributed by atoms with Crippen LogP contribution >= 0.6 is 0 Å². The summed E-state index contributed by atoms with van der Waals surface area (Å²) in [7, 11) is 0. The van der Waals surface area contributed by atoms with E-state index in [-0.39, 0.29) is 18.4 Å². The standard InChI is InChI=1S/C26H41N3O3/c1-3-5-6-7-8-9-10-11-12-13-14-15-25(30)27-22-26(31)29-28-21-23-16-18-24(19-17-23)32-20-4-2/h4,16-19,21H,2-3,5-15,20,22H2,1H3,(H,27,30)(H,29,31)/b28-21+. The van der Waals surface area contributed by atoms with Gasteiger partial charge in [-0.05, 0) is 36.2 Å². The number of nitrogens with one attached hydrogen (secondary N) is 2. The number of unbranched alkanes of at least 4 members (excludes halogenated alkanes) is 10. The summed E-state index contributed by atoms with van der Waals surface area (Å²) in [6, 6.07) is 7.32. The highest BCUT2D eigenvalue weighted by molar-refractivity contribution is 5.86. The second-order valence-electron chi connectivity index (χ2n) is 8.02. The first kappa shape index (κ1) is 27.4. The molecule has 1 rings (SSSR count). The molecule has 0 aliphatic carbocycles. The molecule has 0 atom stereocenters. The first-order valence-corrected chi connectivity index (χ1v) is 12.1. The summed E-state index contributed by atoms with van der Waals surface area (Å²) in [5.41, 5.74) is 3.25. The third kappa shape index (κ3) is 15.2. The van der Waals surface area contributed by atoms with Crippen molar-refractivity contribution in [1.29, 1.82) is 0 Å². The van der Waals surface area contributed by atoms with Crippen molar-refractivity contribution in [2.24, 2.45) is 5.10 Å². The highest BCUT2D eigenvalue weighted by Crippen LogP contribution is 2.12. The summed E-state index contributed by atoms with van der Waals surface area (Å²) in [5, 5.41) is 6.55. The molecular formula is C26H41N3O3. The lowest BCUT2D eigenvalue weighted by Gasteiger charge is -2.05. The number of hydrazone groups is 1. The highest BCUT2D eigenvalue weighted by atomic mass is 16.5. The molecule has 0 aliphatic heterocycles. The van der Waals surface area contributed by atoms with Gasteiger partial charge in [0.05, 0.1) is 12.8 Å². The van der Waals surface area contributed by atoms with Crippen molar-refractivity contribution in [3.63, 3.8) is 0 Å². The van der Waals surface area contributed by atoms with Crippen molar-refractivity contribution in [1.82, 2.24) is 10.7 Å². The van der Waals surface area contributed by atoms with Crippen molar-refractivity contribution >= 4 is 18.0 Å². The molecule has 0 unspecified atom stereocenters. The predicted molar refractivity (Wildman–Crippen MR) is 132 cm³/mol. The Morgan fingerprint density at radius 1 is 0.906 bits per heavy atom. The topological polar surface area (TPSA) is 79.8 Å². The lowest BCUT2D eigenvalue weighted by molar-refractivity contribution is -0.126. The van der Waals surface area contributed by atoms with E-state index in [4.69, 9.17) is 4.74 Å². The van der Waals surface area contributed by atoms with Crippen molar-refractivity contribution in [2.45, 2.75) is 84.0 Å². The first-order valence-electron chi connectivity index (χ1n) is 12.1. The average Bonchev–Trinajstić information content (AvgIpc) is 2.80. The van der Waals surface area contributed by atoms with Crippen LogP contribution in [0.2, 0.25) is 0 Å². The lowest BCUT2D eigenvalue weighted by atomic mass is 10.1. The number of amides is 2. The zero-order valence-corrected chi connectivity index (χ0v) is 19.7. The largest absolute Gasteiger partial charge is 0.490 e. The lowest BCUT2D eigenvalue weighted by Crippen LogP contribution is -2.34. The zero-order chi connectivity index (χ0) is 23.3. The second-order valence-corrected chi connectivity index (χ2v) is 8.02. The Kier molecular flexibility index (Phi) is 16.3. The molecule has 0 saturated heterocycles. The van der Waals surface area contributed by atoms with E-state index in [0.29, 0.717) is 13.0 Å². The molecule has 0 saturated carbocycles. The van der Waals surface area contributed by atoms with Crippen LogP contribution in [0.3, 0.4) is 0 Å². The molecule has 0 aliphatic rings. The summed E-state index contributed by atoms with van der Waals surface area (Å²) in [4.78, 5) is 23.7. The minimum Gasteiger partial charge on any atom is -0.490 e. The fourth-order valence-electron chi connectivity index (χ4n) is 3.24. The van der Waals surface area contributed by atoms with Gasteiger partial charge in [0.15, 0.2) is 0 Å². The van der Waals surface area contributed by atoms with Gasteiger partial charge in [-0.1, -0.05) is 83.8 Å². The molecular weight excluding hydrogens is 402 g/mol. The van der Waals surface area contributed by atoms with Crippen molar-refractivity contribution in [3.8, 4) is 5.75 Å². The van der Waals surface area contributed by atoms with Crippen LogP contribution in [0.15, 0.2) is 42.0 Å². The quantitative estimate of drug-likeness (QED) is 0.128. The van der Waals surface area contributed by atoms with Crippen molar-refractivity contribution in [2.75, 3.05) is 13.2 Å². The van der Waals surface area contributed by atoms with E-state index in [1.54, 1.807) is 12.3 Å². The third-order valence-electron chi connectivity index (χ3n) is 5.10. The normalized spacial score (nSPS) is 10.8. The van der Waals surface area contributed by atoms with E-state index in [0.717, 1.165) is 24.2 Å². The molecule has 0 fully saturated rings. The fourth-order valence-corrected chi connectivity index (χ4v) is 3.24. The Morgan fingerprint density at radius 2 is 1.50 bits per heavy atom. The second kappa shape index (κ2) is 19.1. The molecule has 0 bridgehead atoms.